The lowest BCUT2D eigenvalue weighted by Crippen LogP contribution is -2.45. The Balaban J connectivity index is 1.56. The van der Waals surface area contributed by atoms with E-state index in [0.29, 0.717) is 12.1 Å². The van der Waals surface area contributed by atoms with Gasteiger partial charge in [0, 0.05) is 31.2 Å². The van der Waals surface area contributed by atoms with Gasteiger partial charge >= 0.3 is 0 Å². The molecule has 20 heavy (non-hydrogen) atoms. The van der Waals surface area contributed by atoms with Gasteiger partial charge < -0.3 is 14.8 Å². The van der Waals surface area contributed by atoms with Gasteiger partial charge in [-0.05, 0) is 39.2 Å². The molecule has 110 valence electrons. The molecular formula is C17H25NO2. The lowest BCUT2D eigenvalue weighted by atomic mass is 9.89. The molecule has 0 amide bonds. The highest BCUT2D eigenvalue weighted by molar-refractivity contribution is 5.45. The van der Waals surface area contributed by atoms with Crippen LogP contribution in [0.25, 0.3) is 0 Å². The summed E-state index contributed by atoms with van der Waals surface area (Å²) in [6, 6.07) is 7.09. The Morgan fingerprint density at radius 3 is 2.90 bits per heavy atom. The standard InChI is InChI=1S/C17H25NO2/c1-4-19-15-8-14(9-15)18-11-13-7-5-6-12-10-17(2,3)20-16(12)13/h5-7,14-15,18H,4,8-11H2,1-3H3. The zero-order valence-electron chi connectivity index (χ0n) is 12.7. The number of hydrogen-bond donors (Lipinski definition) is 1. The summed E-state index contributed by atoms with van der Waals surface area (Å²) in [7, 11) is 0. The number of rotatable bonds is 5. The molecule has 1 heterocycles. The average molecular weight is 275 g/mol. The van der Waals surface area contributed by atoms with Crippen LogP contribution in [-0.2, 0) is 17.7 Å². The summed E-state index contributed by atoms with van der Waals surface area (Å²) < 4.78 is 11.7. The molecule has 0 spiro atoms. The van der Waals surface area contributed by atoms with Gasteiger partial charge in [-0.1, -0.05) is 18.2 Å². The summed E-state index contributed by atoms with van der Waals surface area (Å²) in [4.78, 5) is 0. The highest BCUT2D eigenvalue weighted by atomic mass is 16.5. The van der Waals surface area contributed by atoms with E-state index < -0.39 is 0 Å². The summed E-state index contributed by atoms with van der Waals surface area (Å²) in [6.07, 6.45) is 3.74. The van der Waals surface area contributed by atoms with Crippen molar-refractivity contribution in [3.8, 4) is 5.75 Å². The molecule has 1 aromatic rings. The van der Waals surface area contributed by atoms with Crippen LogP contribution in [0.4, 0.5) is 0 Å². The first-order valence-electron chi connectivity index (χ1n) is 7.72. The molecular weight excluding hydrogens is 250 g/mol. The maximum Gasteiger partial charge on any atom is 0.127 e. The molecule has 0 aromatic heterocycles. The topological polar surface area (TPSA) is 30.5 Å². The first-order valence-corrected chi connectivity index (χ1v) is 7.72. The van der Waals surface area contributed by atoms with Crippen molar-refractivity contribution >= 4 is 0 Å². The molecule has 0 atom stereocenters. The average Bonchev–Trinajstić information content (AvgIpc) is 2.66. The second-order valence-electron chi connectivity index (χ2n) is 6.57. The molecule has 0 saturated heterocycles. The molecule has 0 bridgehead atoms. The number of fused-ring (bicyclic) bond motifs is 1. The molecule has 3 nitrogen and oxygen atoms in total. The van der Waals surface area contributed by atoms with Crippen molar-refractivity contribution in [2.45, 2.75) is 64.3 Å². The summed E-state index contributed by atoms with van der Waals surface area (Å²) in [5.41, 5.74) is 2.57. The Morgan fingerprint density at radius 1 is 1.35 bits per heavy atom. The Morgan fingerprint density at radius 2 is 2.15 bits per heavy atom. The van der Waals surface area contributed by atoms with Gasteiger partial charge in [-0.25, -0.2) is 0 Å². The third-order valence-electron chi connectivity index (χ3n) is 4.25. The van der Waals surface area contributed by atoms with Gasteiger partial charge in [-0.3, -0.25) is 0 Å². The molecule has 0 radical (unpaired) electrons. The van der Waals surface area contributed by atoms with Crippen LogP contribution in [0, 0.1) is 0 Å². The second-order valence-corrected chi connectivity index (χ2v) is 6.57. The Bertz CT molecular complexity index is 478. The van der Waals surface area contributed by atoms with Crippen LogP contribution in [-0.4, -0.2) is 24.4 Å². The maximum absolute atomic E-state index is 6.10. The van der Waals surface area contributed by atoms with E-state index >= 15 is 0 Å². The number of hydrogen-bond acceptors (Lipinski definition) is 3. The lowest BCUT2D eigenvalue weighted by molar-refractivity contribution is -0.0102. The van der Waals surface area contributed by atoms with E-state index in [0.717, 1.165) is 38.2 Å². The molecule has 2 aliphatic rings. The first kappa shape index (κ1) is 13.9. The zero-order chi connectivity index (χ0) is 14.2. The van der Waals surface area contributed by atoms with E-state index in [4.69, 9.17) is 9.47 Å². The molecule has 3 rings (SSSR count). The van der Waals surface area contributed by atoms with E-state index in [-0.39, 0.29) is 5.60 Å². The zero-order valence-corrected chi connectivity index (χ0v) is 12.7. The van der Waals surface area contributed by atoms with E-state index in [1.54, 1.807) is 0 Å². The number of benzene rings is 1. The Kier molecular flexibility index (Phi) is 3.74. The molecule has 3 heteroatoms. The van der Waals surface area contributed by atoms with Crippen molar-refractivity contribution in [2.24, 2.45) is 0 Å². The van der Waals surface area contributed by atoms with Crippen LogP contribution in [0.15, 0.2) is 18.2 Å². The van der Waals surface area contributed by atoms with E-state index in [1.165, 1.54) is 11.1 Å². The van der Waals surface area contributed by atoms with Crippen LogP contribution >= 0.6 is 0 Å². The fourth-order valence-electron chi connectivity index (χ4n) is 3.18. The highest BCUT2D eigenvalue weighted by Gasteiger charge is 2.32. The minimum Gasteiger partial charge on any atom is -0.487 e. The van der Waals surface area contributed by atoms with E-state index in [9.17, 15) is 0 Å². The first-order chi connectivity index (χ1) is 9.57. The van der Waals surface area contributed by atoms with Gasteiger partial charge in [0.2, 0.25) is 0 Å². The largest absolute Gasteiger partial charge is 0.487 e. The number of nitrogens with one attached hydrogen (secondary N) is 1. The molecule has 0 unspecified atom stereocenters. The van der Waals surface area contributed by atoms with Gasteiger partial charge in [0.15, 0.2) is 0 Å². The van der Waals surface area contributed by atoms with E-state index in [2.05, 4.69) is 44.3 Å². The number of para-hydroxylation sites is 1. The quantitative estimate of drug-likeness (QED) is 0.896. The SMILES string of the molecule is CCOC1CC(NCc2cccc3c2OC(C)(C)C3)C1. The van der Waals surface area contributed by atoms with E-state index in [1.807, 2.05) is 0 Å². The normalized spacial score (nSPS) is 26.8. The van der Waals surface area contributed by atoms with Gasteiger partial charge in [0.25, 0.3) is 0 Å². The minimum atomic E-state index is -0.0605. The molecule has 1 N–H and O–H groups in total. The minimum absolute atomic E-state index is 0.0605. The van der Waals surface area contributed by atoms with Crippen molar-refractivity contribution in [3.63, 3.8) is 0 Å². The maximum atomic E-state index is 6.10. The Hall–Kier alpha value is -1.06. The summed E-state index contributed by atoms with van der Waals surface area (Å²) >= 11 is 0. The van der Waals surface area contributed by atoms with Crippen LogP contribution < -0.4 is 10.1 Å². The fraction of sp³-hybridized carbons (Fsp3) is 0.647. The summed E-state index contributed by atoms with van der Waals surface area (Å²) in [5, 5.41) is 3.62. The second kappa shape index (κ2) is 5.38. The summed E-state index contributed by atoms with van der Waals surface area (Å²) in [6.45, 7) is 8.09. The predicted molar refractivity (Wildman–Crippen MR) is 80.1 cm³/mol. The van der Waals surface area contributed by atoms with Gasteiger partial charge in [-0.15, -0.1) is 0 Å². The molecule has 1 fully saturated rings. The molecule has 1 aliphatic heterocycles. The smallest absolute Gasteiger partial charge is 0.127 e. The van der Waals surface area contributed by atoms with Crippen molar-refractivity contribution in [3.05, 3.63) is 29.3 Å². The van der Waals surface area contributed by atoms with Gasteiger partial charge in [-0.2, -0.15) is 0 Å². The Labute approximate surface area is 121 Å². The molecule has 1 aromatic carbocycles. The number of ether oxygens (including phenoxy) is 2. The third kappa shape index (κ3) is 2.84. The van der Waals surface area contributed by atoms with Crippen molar-refractivity contribution < 1.29 is 9.47 Å². The van der Waals surface area contributed by atoms with Crippen molar-refractivity contribution in [1.29, 1.82) is 0 Å². The van der Waals surface area contributed by atoms with Crippen LogP contribution in [0.5, 0.6) is 5.75 Å². The van der Waals surface area contributed by atoms with Crippen molar-refractivity contribution in [1.82, 2.24) is 5.32 Å². The van der Waals surface area contributed by atoms with Crippen LogP contribution in [0.3, 0.4) is 0 Å². The third-order valence-corrected chi connectivity index (χ3v) is 4.25. The fourth-order valence-corrected chi connectivity index (χ4v) is 3.18. The van der Waals surface area contributed by atoms with Crippen LogP contribution in [0.2, 0.25) is 0 Å². The van der Waals surface area contributed by atoms with Crippen molar-refractivity contribution in [2.75, 3.05) is 6.61 Å². The molecule has 1 saturated carbocycles. The molecule has 1 aliphatic carbocycles. The van der Waals surface area contributed by atoms with Gasteiger partial charge in [0.1, 0.15) is 11.4 Å². The van der Waals surface area contributed by atoms with Crippen LogP contribution in [0.1, 0.15) is 44.7 Å². The summed E-state index contributed by atoms with van der Waals surface area (Å²) in [5.74, 6) is 1.10. The highest BCUT2D eigenvalue weighted by Crippen LogP contribution is 2.37. The predicted octanol–water partition coefficient (Wildman–Crippen LogP) is 3.06. The monoisotopic (exact) mass is 275 g/mol. The lowest BCUT2D eigenvalue weighted by Gasteiger charge is -2.35. The van der Waals surface area contributed by atoms with Gasteiger partial charge in [0.05, 0.1) is 6.10 Å².